The van der Waals surface area contributed by atoms with Gasteiger partial charge in [-0.3, -0.25) is 4.79 Å². The van der Waals surface area contributed by atoms with E-state index in [-0.39, 0.29) is 16.7 Å². The second kappa shape index (κ2) is 5.20. The fourth-order valence-corrected chi connectivity index (χ4v) is 1.39. The van der Waals surface area contributed by atoms with Crippen LogP contribution in [0.2, 0.25) is 0 Å². The molecular weight excluding hydrogens is 264 g/mol. The molecule has 0 radical (unpaired) electrons. The van der Waals surface area contributed by atoms with Gasteiger partial charge < -0.3 is 15.9 Å². The number of nitrogens with zero attached hydrogens (tertiary/aromatic N) is 1. The number of aliphatic hydroxyl groups excluding tert-OH is 2. The van der Waals surface area contributed by atoms with Gasteiger partial charge in [0.05, 0.1) is 11.8 Å². The monoisotopic (exact) mass is 274 g/mol. The van der Waals surface area contributed by atoms with E-state index in [1.54, 1.807) is 6.07 Å². The van der Waals surface area contributed by atoms with Crippen LogP contribution in [0.3, 0.4) is 0 Å². The number of halogens is 1. The van der Waals surface area contributed by atoms with Gasteiger partial charge in [0.2, 0.25) is 0 Å². The highest BCUT2D eigenvalue weighted by atomic mass is 79.9. The number of aliphatic hydroxyl groups is 2. The van der Waals surface area contributed by atoms with E-state index in [1.165, 1.54) is 12.1 Å². The molecule has 1 aromatic heterocycles. The number of hydrogen-bond acceptors (Lipinski definition) is 4. The molecule has 0 aliphatic carbocycles. The minimum atomic E-state index is -1.14. The number of amides is 1. The molecule has 0 saturated carbocycles. The van der Waals surface area contributed by atoms with Crippen LogP contribution < -0.4 is 5.73 Å². The fraction of sp³-hybridized carbons (Fsp3) is 0.333. The molecule has 1 aromatic rings. The van der Waals surface area contributed by atoms with Crippen molar-refractivity contribution in [1.29, 1.82) is 0 Å². The van der Waals surface area contributed by atoms with Gasteiger partial charge in [0.15, 0.2) is 0 Å². The molecule has 15 heavy (non-hydrogen) atoms. The standard InChI is InChI=1S/C9H11BrN2O3/c10-4-7(13)8(14)5-2-1-3-6(12-5)9(11)15/h1-3,7-8,13-14H,4H2,(H2,11,15). The van der Waals surface area contributed by atoms with Gasteiger partial charge in [-0.15, -0.1) is 0 Å². The topological polar surface area (TPSA) is 96.4 Å². The Morgan fingerprint density at radius 1 is 1.53 bits per heavy atom. The number of rotatable bonds is 4. The Morgan fingerprint density at radius 3 is 2.73 bits per heavy atom. The summed E-state index contributed by atoms with van der Waals surface area (Å²) in [7, 11) is 0. The van der Waals surface area contributed by atoms with Gasteiger partial charge >= 0.3 is 0 Å². The molecule has 1 rings (SSSR count). The van der Waals surface area contributed by atoms with Gasteiger partial charge in [-0.1, -0.05) is 22.0 Å². The van der Waals surface area contributed by atoms with Crippen molar-refractivity contribution in [3.05, 3.63) is 29.6 Å². The van der Waals surface area contributed by atoms with E-state index in [0.717, 1.165) is 0 Å². The summed E-state index contributed by atoms with van der Waals surface area (Å²) in [5.74, 6) is -0.669. The second-order valence-electron chi connectivity index (χ2n) is 2.98. The molecule has 0 fully saturated rings. The first-order chi connectivity index (χ1) is 7.06. The van der Waals surface area contributed by atoms with Crippen molar-refractivity contribution < 1.29 is 15.0 Å². The Labute approximate surface area is 95.1 Å². The lowest BCUT2D eigenvalue weighted by molar-refractivity contribution is 0.0314. The molecule has 0 saturated heterocycles. The molecule has 1 heterocycles. The third kappa shape index (κ3) is 2.98. The summed E-state index contributed by atoms with van der Waals surface area (Å²) < 4.78 is 0. The molecule has 0 bridgehead atoms. The molecule has 0 aliphatic rings. The highest BCUT2D eigenvalue weighted by molar-refractivity contribution is 9.09. The maximum atomic E-state index is 10.8. The number of pyridine rings is 1. The van der Waals surface area contributed by atoms with Crippen LogP contribution in [0.5, 0.6) is 0 Å². The highest BCUT2D eigenvalue weighted by Crippen LogP contribution is 2.16. The lowest BCUT2D eigenvalue weighted by atomic mass is 10.1. The summed E-state index contributed by atoms with van der Waals surface area (Å²) in [4.78, 5) is 14.7. The van der Waals surface area contributed by atoms with Gasteiger partial charge in [0, 0.05) is 5.33 Å². The van der Waals surface area contributed by atoms with Gasteiger partial charge in [-0.05, 0) is 12.1 Å². The van der Waals surface area contributed by atoms with E-state index >= 15 is 0 Å². The molecule has 82 valence electrons. The molecule has 2 unspecified atom stereocenters. The average Bonchev–Trinajstić information content (AvgIpc) is 2.27. The zero-order chi connectivity index (χ0) is 11.4. The number of carbonyl (C=O) groups excluding carboxylic acids is 1. The lowest BCUT2D eigenvalue weighted by Gasteiger charge is -2.14. The van der Waals surface area contributed by atoms with E-state index in [2.05, 4.69) is 20.9 Å². The predicted octanol–water partition coefficient (Wildman–Crippen LogP) is -0.0303. The van der Waals surface area contributed by atoms with Crippen molar-refractivity contribution in [2.24, 2.45) is 5.73 Å². The molecule has 0 aliphatic heterocycles. The van der Waals surface area contributed by atoms with Crippen LogP contribution in [0.4, 0.5) is 0 Å². The zero-order valence-electron chi connectivity index (χ0n) is 7.80. The summed E-state index contributed by atoms with van der Waals surface area (Å²) in [5, 5.41) is 19.2. The van der Waals surface area contributed by atoms with Crippen molar-refractivity contribution in [3.63, 3.8) is 0 Å². The van der Waals surface area contributed by atoms with E-state index in [9.17, 15) is 15.0 Å². The summed E-state index contributed by atoms with van der Waals surface area (Å²) in [6.07, 6.45) is -2.11. The second-order valence-corrected chi connectivity index (χ2v) is 3.63. The van der Waals surface area contributed by atoms with Crippen LogP contribution in [-0.2, 0) is 0 Å². The predicted molar refractivity (Wildman–Crippen MR) is 57.5 cm³/mol. The summed E-state index contributed by atoms with van der Waals surface area (Å²) >= 11 is 3.03. The fourth-order valence-electron chi connectivity index (χ4n) is 1.03. The maximum Gasteiger partial charge on any atom is 0.267 e. The van der Waals surface area contributed by atoms with Crippen LogP contribution in [0.15, 0.2) is 18.2 Å². The first-order valence-electron chi connectivity index (χ1n) is 4.25. The first-order valence-corrected chi connectivity index (χ1v) is 5.37. The van der Waals surface area contributed by atoms with Crippen molar-refractivity contribution in [3.8, 4) is 0 Å². The Balaban J connectivity index is 2.94. The molecule has 5 nitrogen and oxygen atoms in total. The molecule has 0 aromatic carbocycles. The minimum absolute atomic E-state index is 0.0633. The van der Waals surface area contributed by atoms with Gasteiger partial charge in [0.1, 0.15) is 11.8 Å². The van der Waals surface area contributed by atoms with Crippen LogP contribution in [0, 0.1) is 0 Å². The van der Waals surface area contributed by atoms with Crippen molar-refractivity contribution >= 4 is 21.8 Å². The summed E-state index contributed by atoms with van der Waals surface area (Å²) in [6.45, 7) is 0. The number of primary amides is 1. The van der Waals surface area contributed by atoms with Crippen LogP contribution in [0.25, 0.3) is 0 Å². The van der Waals surface area contributed by atoms with Gasteiger partial charge in [0.25, 0.3) is 5.91 Å². The van der Waals surface area contributed by atoms with Crippen molar-refractivity contribution in [1.82, 2.24) is 4.98 Å². The van der Waals surface area contributed by atoms with E-state index in [0.29, 0.717) is 0 Å². The average molecular weight is 275 g/mol. The number of alkyl halides is 1. The smallest absolute Gasteiger partial charge is 0.267 e. The highest BCUT2D eigenvalue weighted by Gasteiger charge is 2.19. The third-order valence-corrected chi connectivity index (χ3v) is 2.51. The summed E-state index contributed by atoms with van der Waals surface area (Å²) in [6, 6.07) is 4.51. The van der Waals surface area contributed by atoms with E-state index in [4.69, 9.17) is 5.73 Å². The minimum Gasteiger partial charge on any atom is -0.389 e. The molecule has 4 N–H and O–H groups in total. The lowest BCUT2D eigenvalue weighted by Crippen LogP contribution is -2.22. The van der Waals surface area contributed by atoms with Gasteiger partial charge in [-0.2, -0.15) is 0 Å². The Bertz CT molecular complexity index is 359. The Kier molecular flexibility index (Phi) is 4.19. The van der Waals surface area contributed by atoms with E-state index < -0.39 is 18.1 Å². The number of aromatic nitrogens is 1. The van der Waals surface area contributed by atoms with Crippen LogP contribution in [-0.4, -0.2) is 32.5 Å². The molecule has 0 spiro atoms. The maximum absolute atomic E-state index is 10.8. The number of carbonyl (C=O) groups is 1. The SMILES string of the molecule is NC(=O)c1cccc(C(O)C(O)CBr)n1. The van der Waals surface area contributed by atoms with Crippen LogP contribution in [0.1, 0.15) is 22.3 Å². The summed E-state index contributed by atoms with van der Waals surface area (Å²) in [5.41, 5.74) is 5.32. The van der Waals surface area contributed by atoms with Crippen LogP contribution >= 0.6 is 15.9 Å². The number of hydrogen-bond donors (Lipinski definition) is 3. The molecule has 2 atom stereocenters. The zero-order valence-corrected chi connectivity index (χ0v) is 9.39. The van der Waals surface area contributed by atoms with Crippen molar-refractivity contribution in [2.75, 3.05) is 5.33 Å². The Morgan fingerprint density at radius 2 is 2.20 bits per heavy atom. The normalized spacial score (nSPS) is 14.6. The number of nitrogens with two attached hydrogens (primary N) is 1. The molecule has 6 heteroatoms. The third-order valence-electron chi connectivity index (χ3n) is 1.85. The molecule has 1 amide bonds. The quantitative estimate of drug-likeness (QED) is 0.672. The van der Waals surface area contributed by atoms with Gasteiger partial charge in [-0.25, -0.2) is 4.98 Å². The molecular formula is C9H11BrN2O3. The largest absolute Gasteiger partial charge is 0.389 e. The first kappa shape index (κ1) is 12.1. The van der Waals surface area contributed by atoms with Crippen molar-refractivity contribution in [2.45, 2.75) is 12.2 Å². The van der Waals surface area contributed by atoms with E-state index in [1.807, 2.05) is 0 Å². The Hall–Kier alpha value is -0.980.